The molecule has 0 spiro atoms. The number of ether oxygens (including phenoxy) is 1. The normalized spacial score (nSPS) is 12.5. The summed E-state index contributed by atoms with van der Waals surface area (Å²) in [4.78, 5) is 29.0. The van der Waals surface area contributed by atoms with Crippen LogP contribution in [-0.2, 0) is 22.3 Å². The zero-order valence-corrected chi connectivity index (χ0v) is 16.2. The summed E-state index contributed by atoms with van der Waals surface area (Å²) in [6, 6.07) is 3.91. The fraction of sp³-hybridized carbons (Fsp3) is 0.444. The smallest absolute Gasteiger partial charge is 0.416 e. The molecule has 8 nitrogen and oxygen atoms in total. The molecule has 29 heavy (non-hydrogen) atoms. The average Bonchev–Trinajstić information content (AvgIpc) is 3.12. The minimum absolute atomic E-state index is 0.0569. The number of amides is 2. The molecule has 1 aromatic carbocycles. The number of likely N-dealkylation sites (N-methyl/N-ethyl adjacent to an activating group) is 1. The van der Waals surface area contributed by atoms with Crippen LogP contribution in [0.1, 0.15) is 31.7 Å². The number of nitrogens with one attached hydrogen (secondary N) is 2. The maximum absolute atomic E-state index is 12.7. The molecule has 1 heterocycles. The van der Waals surface area contributed by atoms with E-state index >= 15 is 0 Å². The number of rotatable bonds is 7. The third kappa shape index (κ3) is 6.77. The molecule has 0 radical (unpaired) electrons. The lowest BCUT2D eigenvalue weighted by Gasteiger charge is -2.24. The zero-order valence-electron chi connectivity index (χ0n) is 16.2. The summed E-state index contributed by atoms with van der Waals surface area (Å²) in [6.07, 6.45) is -4.80. The van der Waals surface area contributed by atoms with Gasteiger partial charge in [0, 0.05) is 12.7 Å². The van der Waals surface area contributed by atoms with Crippen LogP contribution in [-0.4, -0.2) is 45.2 Å². The van der Waals surface area contributed by atoms with Gasteiger partial charge in [-0.05, 0) is 36.6 Å². The number of benzene rings is 1. The summed E-state index contributed by atoms with van der Waals surface area (Å²) in [7, 11) is 1.54. The average molecular weight is 413 g/mol. The Bertz CT molecular complexity index is 807. The van der Waals surface area contributed by atoms with Gasteiger partial charge in [0.15, 0.2) is 6.10 Å². The number of alkyl halides is 3. The van der Waals surface area contributed by atoms with Crippen molar-refractivity contribution < 1.29 is 27.5 Å². The summed E-state index contributed by atoms with van der Waals surface area (Å²) >= 11 is 0. The first-order valence-electron chi connectivity index (χ1n) is 8.81. The molecule has 0 bridgehead atoms. The van der Waals surface area contributed by atoms with Gasteiger partial charge in [-0.25, -0.2) is 4.79 Å². The first-order chi connectivity index (χ1) is 13.6. The molecule has 1 aromatic heterocycles. The molecular formula is C18H22F3N5O3. The Morgan fingerprint density at radius 2 is 1.90 bits per heavy atom. The second kappa shape index (κ2) is 9.39. The van der Waals surface area contributed by atoms with E-state index in [4.69, 9.17) is 4.74 Å². The van der Waals surface area contributed by atoms with Crippen LogP contribution < -0.4 is 5.32 Å². The Kier molecular flexibility index (Phi) is 7.18. The van der Waals surface area contributed by atoms with E-state index in [0.29, 0.717) is 5.82 Å². The first kappa shape index (κ1) is 22.2. The van der Waals surface area contributed by atoms with E-state index in [1.165, 1.54) is 18.3 Å². The Hall–Kier alpha value is -3.11. The molecule has 1 atom stereocenters. The lowest BCUT2D eigenvalue weighted by atomic mass is 10.1. The van der Waals surface area contributed by atoms with Gasteiger partial charge < -0.3 is 14.6 Å². The highest BCUT2D eigenvalue weighted by Gasteiger charge is 2.30. The van der Waals surface area contributed by atoms with Gasteiger partial charge in [0.2, 0.25) is 0 Å². The number of nitrogens with zero attached hydrogens (tertiary/aromatic N) is 3. The van der Waals surface area contributed by atoms with Crippen molar-refractivity contribution in [1.82, 2.24) is 20.1 Å². The highest BCUT2D eigenvalue weighted by molar-refractivity contribution is 5.88. The number of halogens is 3. The quantitative estimate of drug-likeness (QED) is 0.724. The molecular weight excluding hydrogens is 391 g/mol. The van der Waals surface area contributed by atoms with E-state index < -0.39 is 29.8 Å². The number of aromatic amines is 1. The van der Waals surface area contributed by atoms with Crippen molar-refractivity contribution >= 4 is 17.7 Å². The third-order valence-electron chi connectivity index (χ3n) is 3.90. The van der Waals surface area contributed by atoms with E-state index in [1.807, 2.05) is 13.8 Å². The predicted molar refractivity (Wildman–Crippen MR) is 97.6 cm³/mol. The van der Waals surface area contributed by atoms with Crippen LogP contribution in [0, 0.1) is 5.92 Å². The van der Waals surface area contributed by atoms with Gasteiger partial charge in [-0.15, -0.1) is 10.2 Å². The van der Waals surface area contributed by atoms with Crippen LogP contribution in [0.25, 0.3) is 0 Å². The molecule has 2 rings (SSSR count). The number of hydrogen-bond acceptors (Lipinski definition) is 5. The van der Waals surface area contributed by atoms with Crippen LogP contribution in [0.4, 0.5) is 23.7 Å². The molecule has 0 fully saturated rings. The fourth-order valence-electron chi connectivity index (χ4n) is 2.50. The minimum atomic E-state index is -4.47. The number of H-pyrrole nitrogens is 1. The van der Waals surface area contributed by atoms with E-state index in [2.05, 4.69) is 20.5 Å². The van der Waals surface area contributed by atoms with Crippen molar-refractivity contribution in [1.29, 1.82) is 0 Å². The topological polar surface area (TPSA) is 100 Å². The molecule has 0 unspecified atom stereocenters. The van der Waals surface area contributed by atoms with Gasteiger partial charge >= 0.3 is 12.3 Å². The van der Waals surface area contributed by atoms with Crippen molar-refractivity contribution in [3.8, 4) is 0 Å². The number of carbonyl (C=O) groups excluding carboxylic acids is 2. The highest BCUT2D eigenvalue weighted by atomic mass is 19.4. The van der Waals surface area contributed by atoms with Crippen molar-refractivity contribution in [2.75, 3.05) is 12.4 Å². The predicted octanol–water partition coefficient (Wildman–Crippen LogP) is 3.45. The largest absolute Gasteiger partial charge is 0.436 e. The third-order valence-corrected chi connectivity index (χ3v) is 3.90. The molecule has 2 amide bonds. The zero-order chi connectivity index (χ0) is 21.6. The van der Waals surface area contributed by atoms with Crippen LogP contribution in [0.2, 0.25) is 0 Å². The van der Waals surface area contributed by atoms with Crippen molar-refractivity contribution in [2.24, 2.45) is 5.92 Å². The Labute approximate surface area is 165 Å². The molecule has 0 aliphatic carbocycles. The summed E-state index contributed by atoms with van der Waals surface area (Å²) in [5.74, 6) is 0.0949. The summed E-state index contributed by atoms with van der Waals surface area (Å²) in [5, 5.41) is 9.77. The Morgan fingerprint density at radius 1 is 1.24 bits per heavy atom. The summed E-state index contributed by atoms with van der Waals surface area (Å²) in [5.41, 5.74) is -0.716. The van der Waals surface area contributed by atoms with Crippen molar-refractivity contribution in [3.05, 3.63) is 42.0 Å². The van der Waals surface area contributed by atoms with Crippen molar-refractivity contribution in [3.63, 3.8) is 0 Å². The second-order valence-electron chi connectivity index (χ2n) is 6.85. The second-order valence-corrected chi connectivity index (χ2v) is 6.85. The highest BCUT2D eigenvalue weighted by Crippen LogP contribution is 2.29. The van der Waals surface area contributed by atoms with Gasteiger partial charge in [-0.3, -0.25) is 10.1 Å². The minimum Gasteiger partial charge on any atom is -0.436 e. The first-order valence-corrected chi connectivity index (χ1v) is 8.81. The molecule has 11 heteroatoms. The summed E-state index contributed by atoms with van der Waals surface area (Å²) in [6.45, 7) is 3.89. The van der Waals surface area contributed by atoms with E-state index in [1.54, 1.807) is 0 Å². The van der Waals surface area contributed by atoms with Gasteiger partial charge in [-0.1, -0.05) is 13.8 Å². The molecule has 0 aliphatic rings. The van der Waals surface area contributed by atoms with Gasteiger partial charge in [-0.2, -0.15) is 13.2 Å². The maximum Gasteiger partial charge on any atom is 0.416 e. The monoisotopic (exact) mass is 413 g/mol. The van der Waals surface area contributed by atoms with Gasteiger partial charge in [0.25, 0.3) is 5.91 Å². The Morgan fingerprint density at radius 3 is 2.41 bits per heavy atom. The Balaban J connectivity index is 2.01. The number of aromatic nitrogens is 3. The summed E-state index contributed by atoms with van der Waals surface area (Å²) < 4.78 is 43.1. The lowest BCUT2D eigenvalue weighted by Crippen LogP contribution is -2.40. The van der Waals surface area contributed by atoms with Crippen LogP contribution in [0.3, 0.4) is 0 Å². The van der Waals surface area contributed by atoms with E-state index in [-0.39, 0.29) is 24.6 Å². The fourth-order valence-corrected chi connectivity index (χ4v) is 2.50. The molecule has 0 saturated carbocycles. The molecule has 2 aromatic rings. The number of carbonyl (C=O) groups is 2. The number of anilines is 1. The molecule has 0 aliphatic heterocycles. The van der Waals surface area contributed by atoms with Crippen LogP contribution in [0.5, 0.6) is 0 Å². The van der Waals surface area contributed by atoms with Gasteiger partial charge in [0.1, 0.15) is 12.2 Å². The maximum atomic E-state index is 12.7. The van der Waals surface area contributed by atoms with E-state index in [9.17, 15) is 22.8 Å². The molecule has 2 N–H and O–H groups in total. The standard InChI is InChI=1S/C18H22F3N5O3/c1-11(2)8-14(16(27)26(3)9-15-22-10-23-25-15)29-17(28)24-13-6-4-12(5-7-13)18(19,20)21/h4-7,10-11,14H,8-9H2,1-3H3,(H,24,28)(H,22,23,25)/t14-/m0/s1. The lowest BCUT2D eigenvalue weighted by molar-refractivity contribution is -0.140. The van der Waals surface area contributed by atoms with Crippen LogP contribution in [0.15, 0.2) is 30.6 Å². The molecule has 158 valence electrons. The van der Waals surface area contributed by atoms with E-state index in [0.717, 1.165) is 24.3 Å². The number of hydrogen-bond donors (Lipinski definition) is 2. The van der Waals surface area contributed by atoms with Crippen LogP contribution >= 0.6 is 0 Å². The van der Waals surface area contributed by atoms with Crippen molar-refractivity contribution in [2.45, 2.75) is 39.1 Å². The SMILES string of the molecule is CC(C)C[C@H](OC(=O)Nc1ccc(C(F)(F)F)cc1)C(=O)N(C)Cc1nnc[nH]1. The molecule has 0 saturated heterocycles. The van der Waals surface area contributed by atoms with Gasteiger partial charge in [0.05, 0.1) is 12.1 Å².